The Morgan fingerprint density at radius 2 is 2.05 bits per heavy atom. The Morgan fingerprint density at radius 1 is 1.16 bits per heavy atom. The molecule has 1 saturated carbocycles. The number of aryl methyl sites for hydroxylation is 2. The molecule has 226 valence electrons. The van der Waals surface area contributed by atoms with Crippen LogP contribution < -0.4 is 20.7 Å². The molecule has 1 saturated heterocycles. The number of benzene rings is 1. The van der Waals surface area contributed by atoms with Gasteiger partial charge in [-0.05, 0) is 32.3 Å². The number of likely N-dealkylation sites (tertiary alicyclic amines) is 1. The highest BCUT2D eigenvalue weighted by molar-refractivity contribution is 6.33. The molecule has 0 unspecified atom stereocenters. The maximum Gasteiger partial charge on any atom is 0.238 e. The molecule has 1 amide bonds. The van der Waals surface area contributed by atoms with Gasteiger partial charge in [0.15, 0.2) is 5.82 Å². The van der Waals surface area contributed by atoms with Crippen molar-refractivity contribution in [2.24, 2.45) is 7.05 Å². The molecule has 1 atom stereocenters. The number of rotatable bonds is 10. The fraction of sp³-hybridized carbons (Fsp3) is 0.333. The van der Waals surface area contributed by atoms with E-state index in [-0.39, 0.29) is 18.6 Å². The number of anilines is 4. The molecular formula is C30H32ClN11O2. The molecule has 44 heavy (non-hydrogen) atoms. The SMILES string of the molecule is Cc1cc(Nc2ncc(Cl)c(-c3c[nH]c4c(NC(=O)CN5CC[C@H](Oc6ccnc(NC7CC7)n6)C5)cccc34)n2)nn1C. The zero-order chi connectivity index (χ0) is 30.2. The topological polar surface area (TPSA) is 151 Å². The number of nitrogens with zero attached hydrogens (tertiary/aromatic N) is 7. The summed E-state index contributed by atoms with van der Waals surface area (Å²) in [6, 6.07) is 9.88. The van der Waals surface area contributed by atoms with Gasteiger partial charge in [0.1, 0.15) is 6.10 Å². The van der Waals surface area contributed by atoms with Gasteiger partial charge in [-0.25, -0.2) is 15.0 Å². The first kappa shape index (κ1) is 28.0. The van der Waals surface area contributed by atoms with Crippen LogP contribution in [0, 0.1) is 6.92 Å². The van der Waals surface area contributed by atoms with E-state index in [0.29, 0.717) is 52.6 Å². The first-order chi connectivity index (χ1) is 21.4. The number of halogens is 1. The van der Waals surface area contributed by atoms with Crippen molar-refractivity contribution in [1.82, 2.24) is 39.6 Å². The van der Waals surface area contributed by atoms with Gasteiger partial charge < -0.3 is 25.7 Å². The van der Waals surface area contributed by atoms with Gasteiger partial charge in [-0.1, -0.05) is 23.7 Å². The van der Waals surface area contributed by atoms with Crippen LogP contribution in [0.4, 0.5) is 23.4 Å². The Labute approximate surface area is 258 Å². The molecule has 1 aliphatic carbocycles. The quantitative estimate of drug-likeness (QED) is 0.177. The van der Waals surface area contributed by atoms with Crippen LogP contribution in [-0.4, -0.2) is 77.3 Å². The second kappa shape index (κ2) is 11.7. The second-order valence-electron chi connectivity index (χ2n) is 11.2. The molecule has 0 bridgehead atoms. The van der Waals surface area contributed by atoms with E-state index in [2.05, 4.69) is 50.9 Å². The van der Waals surface area contributed by atoms with Crippen molar-refractivity contribution in [1.29, 1.82) is 0 Å². The van der Waals surface area contributed by atoms with Crippen LogP contribution in [0.3, 0.4) is 0 Å². The zero-order valence-corrected chi connectivity index (χ0v) is 25.1. The number of fused-ring (bicyclic) bond motifs is 1. The lowest BCUT2D eigenvalue weighted by Gasteiger charge is -2.16. The highest BCUT2D eigenvalue weighted by atomic mass is 35.5. The maximum atomic E-state index is 13.1. The Hall–Kier alpha value is -4.75. The Kier molecular flexibility index (Phi) is 7.48. The predicted octanol–water partition coefficient (Wildman–Crippen LogP) is 4.52. The number of carbonyl (C=O) groups is 1. The van der Waals surface area contributed by atoms with Crippen LogP contribution >= 0.6 is 11.6 Å². The van der Waals surface area contributed by atoms with Gasteiger partial charge >= 0.3 is 0 Å². The Morgan fingerprint density at radius 3 is 2.86 bits per heavy atom. The minimum atomic E-state index is -0.107. The van der Waals surface area contributed by atoms with E-state index in [1.54, 1.807) is 23.1 Å². The summed E-state index contributed by atoms with van der Waals surface area (Å²) in [4.78, 5) is 36.2. The fourth-order valence-electron chi connectivity index (χ4n) is 5.29. The molecule has 1 aliphatic heterocycles. The summed E-state index contributed by atoms with van der Waals surface area (Å²) in [6.07, 6.45) is 8.18. The first-order valence-electron chi connectivity index (χ1n) is 14.6. The number of carbonyl (C=O) groups excluding carboxylic acids is 1. The number of amides is 1. The number of nitrogens with one attached hydrogen (secondary N) is 4. The summed E-state index contributed by atoms with van der Waals surface area (Å²) in [7, 11) is 1.87. The van der Waals surface area contributed by atoms with Crippen molar-refractivity contribution in [3.8, 4) is 17.1 Å². The van der Waals surface area contributed by atoms with Crippen molar-refractivity contribution in [3.05, 3.63) is 59.6 Å². The molecule has 2 fully saturated rings. The van der Waals surface area contributed by atoms with Crippen LogP contribution in [-0.2, 0) is 11.8 Å². The smallest absolute Gasteiger partial charge is 0.238 e. The summed E-state index contributed by atoms with van der Waals surface area (Å²) in [5, 5.41) is 15.2. The van der Waals surface area contributed by atoms with Gasteiger partial charge in [-0.2, -0.15) is 10.1 Å². The number of aromatic nitrogens is 7. The standard InChI is InChI=1S/C30H32ClN11O2/c1-17-12-24(40-41(17)2)37-30-34-14-22(31)27(39-30)21-13-33-28-20(21)4-3-5-23(28)36-25(43)16-42-11-9-19(15-42)44-26-8-10-32-29(38-26)35-18-6-7-18/h3-5,8,10,12-14,18-19,33H,6-7,9,11,15-16H2,1-2H3,(H,36,43)(H,32,35,38)(H,34,37,39,40)/t19-/m0/s1. The molecule has 5 aromatic rings. The molecule has 4 N–H and O–H groups in total. The third kappa shape index (κ3) is 6.15. The van der Waals surface area contributed by atoms with E-state index < -0.39 is 0 Å². The minimum absolute atomic E-state index is 0.0421. The van der Waals surface area contributed by atoms with Crippen LogP contribution in [0.15, 0.2) is 48.9 Å². The van der Waals surface area contributed by atoms with E-state index >= 15 is 0 Å². The van der Waals surface area contributed by atoms with E-state index in [1.165, 1.54) is 0 Å². The second-order valence-corrected chi connectivity index (χ2v) is 11.6. The third-order valence-electron chi connectivity index (χ3n) is 7.77. The Balaban J connectivity index is 1.00. The summed E-state index contributed by atoms with van der Waals surface area (Å²) in [5.41, 5.74) is 3.82. The van der Waals surface area contributed by atoms with Crippen LogP contribution in [0.25, 0.3) is 22.2 Å². The minimum Gasteiger partial charge on any atom is -0.473 e. The molecule has 0 radical (unpaired) electrons. The molecule has 0 spiro atoms. The van der Waals surface area contributed by atoms with E-state index in [0.717, 1.165) is 48.0 Å². The van der Waals surface area contributed by atoms with Crippen LogP contribution in [0.5, 0.6) is 5.88 Å². The van der Waals surface area contributed by atoms with Crippen molar-refractivity contribution in [2.45, 2.75) is 38.3 Å². The molecule has 7 rings (SSSR count). The van der Waals surface area contributed by atoms with Crippen molar-refractivity contribution in [3.63, 3.8) is 0 Å². The van der Waals surface area contributed by atoms with Crippen LogP contribution in [0.2, 0.25) is 5.02 Å². The monoisotopic (exact) mass is 613 g/mol. The van der Waals surface area contributed by atoms with Crippen molar-refractivity contribution >= 4 is 51.8 Å². The highest BCUT2D eigenvalue weighted by Crippen LogP contribution is 2.35. The van der Waals surface area contributed by atoms with Gasteiger partial charge in [0.25, 0.3) is 0 Å². The van der Waals surface area contributed by atoms with Gasteiger partial charge in [0.2, 0.25) is 23.7 Å². The molecule has 5 heterocycles. The average Bonchev–Trinajstić information content (AvgIpc) is 3.37. The van der Waals surface area contributed by atoms with Gasteiger partial charge in [-0.15, -0.1) is 0 Å². The lowest BCUT2D eigenvalue weighted by Crippen LogP contribution is -2.33. The van der Waals surface area contributed by atoms with E-state index in [9.17, 15) is 4.79 Å². The Bertz CT molecular complexity index is 1810. The molecular weight excluding hydrogens is 582 g/mol. The first-order valence-corrected chi connectivity index (χ1v) is 14.9. The normalized spacial score (nSPS) is 16.8. The number of ether oxygens (including phenoxy) is 1. The lowest BCUT2D eigenvalue weighted by molar-refractivity contribution is -0.117. The maximum absolute atomic E-state index is 13.1. The summed E-state index contributed by atoms with van der Waals surface area (Å²) in [5.74, 6) is 2.06. The van der Waals surface area contributed by atoms with Crippen LogP contribution in [0.1, 0.15) is 25.0 Å². The summed E-state index contributed by atoms with van der Waals surface area (Å²) in [6.45, 7) is 3.62. The molecule has 14 heteroatoms. The number of hydrogen-bond donors (Lipinski definition) is 4. The fourth-order valence-corrected chi connectivity index (χ4v) is 5.49. The van der Waals surface area contributed by atoms with Crippen molar-refractivity contribution < 1.29 is 9.53 Å². The summed E-state index contributed by atoms with van der Waals surface area (Å²) >= 11 is 6.55. The molecule has 13 nitrogen and oxygen atoms in total. The summed E-state index contributed by atoms with van der Waals surface area (Å²) < 4.78 is 7.88. The molecule has 2 aliphatic rings. The number of aromatic amines is 1. The van der Waals surface area contributed by atoms with Crippen molar-refractivity contribution in [2.75, 3.05) is 35.6 Å². The van der Waals surface area contributed by atoms with E-state index in [4.69, 9.17) is 16.3 Å². The predicted molar refractivity (Wildman–Crippen MR) is 168 cm³/mol. The molecule has 1 aromatic carbocycles. The largest absolute Gasteiger partial charge is 0.473 e. The molecule has 4 aromatic heterocycles. The zero-order valence-electron chi connectivity index (χ0n) is 24.3. The van der Waals surface area contributed by atoms with Gasteiger partial charge in [0.05, 0.1) is 34.7 Å². The highest BCUT2D eigenvalue weighted by Gasteiger charge is 2.27. The van der Waals surface area contributed by atoms with E-state index in [1.807, 2.05) is 44.4 Å². The van der Waals surface area contributed by atoms with Gasteiger partial charge in [-0.3, -0.25) is 14.4 Å². The average molecular weight is 614 g/mol. The number of hydrogen-bond acceptors (Lipinski definition) is 10. The van der Waals surface area contributed by atoms with Gasteiger partial charge in [0, 0.05) is 67.3 Å². The third-order valence-corrected chi connectivity index (χ3v) is 8.04. The number of para-hydroxylation sites is 1. The number of H-pyrrole nitrogens is 1. The lowest BCUT2D eigenvalue weighted by atomic mass is 10.1.